The second kappa shape index (κ2) is 9.24. The Labute approximate surface area is 232 Å². The zero-order valence-corrected chi connectivity index (χ0v) is 23.9. The van der Waals surface area contributed by atoms with E-state index in [1.165, 1.54) is 55.5 Å². The summed E-state index contributed by atoms with van der Waals surface area (Å²) in [5.74, 6) is 0. The van der Waals surface area contributed by atoms with Crippen LogP contribution < -0.4 is 4.90 Å². The van der Waals surface area contributed by atoms with Gasteiger partial charge in [0.15, 0.2) is 5.71 Å². The molecular formula is C37H37N2+. The smallest absolute Gasteiger partial charge is 0.217 e. The molecule has 0 unspecified atom stereocenters. The molecule has 0 saturated carbocycles. The molecule has 0 aromatic heterocycles. The molecule has 4 aromatic carbocycles. The average molecular weight is 510 g/mol. The first kappa shape index (κ1) is 25.1. The van der Waals surface area contributed by atoms with Crippen molar-refractivity contribution in [2.45, 2.75) is 38.5 Å². The molecule has 0 radical (unpaired) electrons. The minimum Gasteiger partial charge on any atom is -0.347 e. The van der Waals surface area contributed by atoms with E-state index < -0.39 is 0 Å². The quantitative estimate of drug-likeness (QED) is 0.196. The van der Waals surface area contributed by atoms with Gasteiger partial charge in [0.05, 0.1) is 16.5 Å². The molecule has 2 aliphatic rings. The van der Waals surface area contributed by atoms with Gasteiger partial charge in [0.25, 0.3) is 0 Å². The minimum atomic E-state index is -0.0451. The van der Waals surface area contributed by atoms with E-state index in [4.69, 9.17) is 0 Å². The van der Waals surface area contributed by atoms with Gasteiger partial charge in [0.2, 0.25) is 5.69 Å². The van der Waals surface area contributed by atoms with Gasteiger partial charge in [0.1, 0.15) is 7.05 Å². The van der Waals surface area contributed by atoms with Gasteiger partial charge >= 0.3 is 0 Å². The normalized spacial score (nSPS) is 19.0. The predicted octanol–water partition coefficient (Wildman–Crippen LogP) is 8.98. The van der Waals surface area contributed by atoms with Crippen LogP contribution in [0, 0.1) is 0 Å². The summed E-state index contributed by atoms with van der Waals surface area (Å²) in [7, 11) is 4.38. The van der Waals surface area contributed by atoms with Crippen molar-refractivity contribution in [3.8, 4) is 0 Å². The molecule has 2 heterocycles. The van der Waals surface area contributed by atoms with Crippen LogP contribution in [0.25, 0.3) is 21.5 Å². The van der Waals surface area contributed by atoms with E-state index in [9.17, 15) is 0 Å². The minimum absolute atomic E-state index is 0.0451. The number of allylic oxidation sites excluding steroid dienone is 8. The summed E-state index contributed by atoms with van der Waals surface area (Å²) >= 11 is 0. The SMILES string of the molecule is CN1\C(=C/C=C/C=C/C=C/C2=[N+](C)c3c(ccc4ccccc34)C2(C)C)C(C)(C)c2ccc3ccccc3c21. The third kappa shape index (κ3) is 3.89. The largest absolute Gasteiger partial charge is 0.347 e. The van der Waals surface area contributed by atoms with Gasteiger partial charge in [-0.05, 0) is 42.3 Å². The Balaban J connectivity index is 1.22. The Morgan fingerprint density at radius 1 is 0.641 bits per heavy atom. The Hall–Kier alpha value is -4.17. The van der Waals surface area contributed by atoms with Crippen molar-refractivity contribution in [2.75, 3.05) is 19.0 Å². The summed E-state index contributed by atoms with van der Waals surface area (Å²) in [4.78, 5) is 2.36. The standard InChI is InChI=1S/C37H37N2/c1-36(2)30-24-22-26-16-12-14-18-28(26)34(30)38(5)32(36)20-10-8-7-9-11-21-33-37(3,4)31-25-23-27-17-13-15-19-29(27)35(31)39(33)6/h7-25H,1-6H3/q+1. The third-order valence-electron chi connectivity index (χ3n) is 8.77. The lowest BCUT2D eigenvalue weighted by Crippen LogP contribution is -2.26. The van der Waals surface area contributed by atoms with Crippen molar-refractivity contribution in [2.24, 2.45) is 0 Å². The molecular weight excluding hydrogens is 472 g/mol. The van der Waals surface area contributed by atoms with Crippen LogP contribution in [0.4, 0.5) is 11.4 Å². The summed E-state index contributed by atoms with van der Waals surface area (Å²) < 4.78 is 2.36. The highest BCUT2D eigenvalue weighted by Gasteiger charge is 2.43. The number of anilines is 1. The molecule has 0 aliphatic carbocycles. The van der Waals surface area contributed by atoms with Crippen LogP contribution in [0.2, 0.25) is 0 Å². The van der Waals surface area contributed by atoms with E-state index in [2.05, 4.69) is 167 Å². The lowest BCUT2D eigenvalue weighted by atomic mass is 9.80. The summed E-state index contributed by atoms with van der Waals surface area (Å²) in [5, 5.41) is 5.21. The van der Waals surface area contributed by atoms with Gasteiger partial charge in [-0.25, -0.2) is 0 Å². The summed E-state index contributed by atoms with van der Waals surface area (Å²) in [6.07, 6.45) is 15.2. The first-order chi connectivity index (χ1) is 18.7. The fourth-order valence-corrected chi connectivity index (χ4v) is 6.72. The zero-order valence-electron chi connectivity index (χ0n) is 23.9. The van der Waals surface area contributed by atoms with E-state index in [1.54, 1.807) is 0 Å². The Kier molecular flexibility index (Phi) is 5.95. The maximum Gasteiger partial charge on any atom is 0.217 e. The molecule has 2 heteroatoms. The molecule has 194 valence electrons. The molecule has 0 atom stereocenters. The number of benzene rings is 4. The van der Waals surface area contributed by atoms with Crippen LogP contribution in [0.1, 0.15) is 38.8 Å². The molecule has 0 amide bonds. The summed E-state index contributed by atoms with van der Waals surface area (Å²) in [6, 6.07) is 26.4. The van der Waals surface area contributed by atoms with E-state index in [-0.39, 0.29) is 10.8 Å². The molecule has 0 spiro atoms. The van der Waals surface area contributed by atoms with Crippen LogP contribution in [0.5, 0.6) is 0 Å². The van der Waals surface area contributed by atoms with E-state index in [0.717, 1.165) is 0 Å². The van der Waals surface area contributed by atoms with Crippen LogP contribution in [-0.2, 0) is 10.8 Å². The van der Waals surface area contributed by atoms with E-state index in [1.807, 2.05) is 0 Å². The second-order valence-corrected chi connectivity index (χ2v) is 11.8. The predicted molar refractivity (Wildman–Crippen MR) is 169 cm³/mol. The highest BCUT2D eigenvalue weighted by molar-refractivity contribution is 6.07. The zero-order chi connectivity index (χ0) is 27.4. The molecule has 39 heavy (non-hydrogen) atoms. The van der Waals surface area contributed by atoms with E-state index >= 15 is 0 Å². The maximum absolute atomic E-state index is 2.36. The van der Waals surface area contributed by atoms with Crippen LogP contribution in [0.15, 0.2) is 121 Å². The van der Waals surface area contributed by atoms with Gasteiger partial charge in [-0.2, -0.15) is 4.58 Å². The fraction of sp³-hybridized carbons (Fsp3) is 0.216. The van der Waals surface area contributed by atoms with Crippen molar-refractivity contribution in [3.05, 3.63) is 132 Å². The van der Waals surface area contributed by atoms with Gasteiger partial charge < -0.3 is 4.90 Å². The number of hydrogen-bond acceptors (Lipinski definition) is 1. The molecule has 4 aromatic rings. The summed E-state index contributed by atoms with van der Waals surface area (Å²) in [6.45, 7) is 9.28. The molecule has 6 rings (SSSR count). The van der Waals surface area contributed by atoms with Gasteiger partial charge in [-0.3, -0.25) is 0 Å². The highest BCUT2D eigenvalue weighted by atomic mass is 15.2. The maximum atomic E-state index is 2.36. The fourth-order valence-electron chi connectivity index (χ4n) is 6.72. The van der Waals surface area contributed by atoms with Crippen molar-refractivity contribution in [3.63, 3.8) is 0 Å². The molecule has 0 bridgehead atoms. The van der Waals surface area contributed by atoms with Crippen molar-refractivity contribution in [1.29, 1.82) is 0 Å². The Morgan fingerprint density at radius 3 is 1.97 bits per heavy atom. The number of rotatable bonds is 4. The highest BCUT2D eigenvalue weighted by Crippen LogP contribution is 2.50. The molecule has 0 saturated heterocycles. The van der Waals surface area contributed by atoms with E-state index in [0.29, 0.717) is 0 Å². The number of fused-ring (bicyclic) bond motifs is 6. The van der Waals surface area contributed by atoms with Crippen LogP contribution in [-0.4, -0.2) is 24.4 Å². The molecule has 0 fully saturated rings. The lowest BCUT2D eigenvalue weighted by Gasteiger charge is -2.23. The number of hydrogen-bond donors (Lipinski definition) is 0. The second-order valence-electron chi connectivity index (χ2n) is 11.8. The first-order valence-electron chi connectivity index (χ1n) is 13.8. The number of likely N-dealkylation sites (N-methyl/N-ethyl adjacent to an activating group) is 1. The monoisotopic (exact) mass is 509 g/mol. The third-order valence-corrected chi connectivity index (χ3v) is 8.77. The van der Waals surface area contributed by atoms with Gasteiger partial charge in [0, 0.05) is 35.2 Å². The summed E-state index contributed by atoms with van der Waals surface area (Å²) in [5.41, 5.74) is 7.95. The van der Waals surface area contributed by atoms with Crippen molar-refractivity contribution in [1.82, 2.24) is 0 Å². The Morgan fingerprint density at radius 2 is 1.23 bits per heavy atom. The van der Waals surface area contributed by atoms with Gasteiger partial charge in [-0.15, -0.1) is 0 Å². The first-order valence-corrected chi connectivity index (χ1v) is 13.8. The van der Waals surface area contributed by atoms with Gasteiger partial charge in [-0.1, -0.05) is 111 Å². The number of nitrogens with zero attached hydrogens (tertiary/aromatic N) is 2. The van der Waals surface area contributed by atoms with Crippen LogP contribution >= 0.6 is 0 Å². The molecule has 2 aliphatic heterocycles. The lowest BCUT2D eigenvalue weighted by molar-refractivity contribution is -0.399. The van der Waals surface area contributed by atoms with Crippen molar-refractivity contribution < 1.29 is 4.58 Å². The average Bonchev–Trinajstić information content (AvgIpc) is 3.25. The Bertz CT molecular complexity index is 1770. The van der Waals surface area contributed by atoms with Crippen molar-refractivity contribution >= 4 is 38.6 Å². The molecule has 2 nitrogen and oxygen atoms in total. The molecule has 0 N–H and O–H groups in total. The topological polar surface area (TPSA) is 6.25 Å². The van der Waals surface area contributed by atoms with Crippen LogP contribution in [0.3, 0.4) is 0 Å².